The smallest absolute Gasteiger partial charge is 0.330 e. The molecule has 0 spiro atoms. The van der Waals surface area contributed by atoms with Crippen molar-refractivity contribution in [3.8, 4) is 0 Å². The second-order valence-electron chi connectivity index (χ2n) is 4.87. The molecule has 0 aliphatic rings. The minimum absolute atomic E-state index is 0.271. The molecular weight excluding hydrogens is 334 g/mol. The fraction of sp³-hybridized carbons (Fsp3) is 0.0667. The van der Waals surface area contributed by atoms with Gasteiger partial charge in [0.25, 0.3) is 17.3 Å². The number of rotatable bonds is 6. The SMILES string of the molecule is O=C(NC(C(=O)O)c1ccccc1)c1ccc([N+](=O)[O-])cc1[N+](=O)[O-]. The predicted molar refractivity (Wildman–Crippen MR) is 84.0 cm³/mol. The number of nitrogens with one attached hydrogen (secondary N) is 1. The topological polar surface area (TPSA) is 153 Å². The van der Waals surface area contributed by atoms with Gasteiger partial charge in [-0.1, -0.05) is 30.3 Å². The summed E-state index contributed by atoms with van der Waals surface area (Å²) in [4.78, 5) is 43.7. The van der Waals surface area contributed by atoms with Crippen molar-refractivity contribution in [2.75, 3.05) is 0 Å². The molecule has 1 amide bonds. The van der Waals surface area contributed by atoms with Gasteiger partial charge in [-0.15, -0.1) is 0 Å². The summed E-state index contributed by atoms with van der Waals surface area (Å²) in [6.07, 6.45) is 0. The zero-order chi connectivity index (χ0) is 18.6. The Hall–Kier alpha value is -3.82. The van der Waals surface area contributed by atoms with Crippen molar-refractivity contribution in [1.29, 1.82) is 0 Å². The van der Waals surface area contributed by atoms with E-state index < -0.39 is 44.7 Å². The van der Waals surface area contributed by atoms with Crippen LogP contribution < -0.4 is 5.32 Å². The van der Waals surface area contributed by atoms with Crippen molar-refractivity contribution in [1.82, 2.24) is 5.32 Å². The molecule has 2 N–H and O–H groups in total. The summed E-state index contributed by atoms with van der Waals surface area (Å²) < 4.78 is 0. The molecule has 0 aliphatic carbocycles. The van der Waals surface area contributed by atoms with E-state index in [1.54, 1.807) is 18.2 Å². The van der Waals surface area contributed by atoms with Gasteiger partial charge in [-0.2, -0.15) is 0 Å². The van der Waals surface area contributed by atoms with Crippen LogP contribution in [0.2, 0.25) is 0 Å². The van der Waals surface area contributed by atoms with Crippen LogP contribution >= 0.6 is 0 Å². The van der Waals surface area contributed by atoms with Gasteiger partial charge in [-0.3, -0.25) is 25.0 Å². The third-order valence-electron chi connectivity index (χ3n) is 3.29. The third kappa shape index (κ3) is 3.93. The Bertz CT molecular complexity index is 851. The second-order valence-corrected chi connectivity index (χ2v) is 4.87. The van der Waals surface area contributed by atoms with Gasteiger partial charge in [-0.05, 0) is 11.6 Å². The van der Waals surface area contributed by atoms with Gasteiger partial charge in [0, 0.05) is 6.07 Å². The van der Waals surface area contributed by atoms with Crippen LogP contribution in [0, 0.1) is 20.2 Å². The molecule has 0 fully saturated rings. The second kappa shape index (κ2) is 7.17. The van der Waals surface area contributed by atoms with Crippen molar-refractivity contribution in [2.24, 2.45) is 0 Å². The molecule has 0 aromatic heterocycles. The Balaban J connectivity index is 2.38. The van der Waals surface area contributed by atoms with E-state index in [9.17, 15) is 34.9 Å². The van der Waals surface area contributed by atoms with Crippen LogP contribution in [0.25, 0.3) is 0 Å². The molecule has 1 unspecified atom stereocenters. The number of carboxylic acids is 1. The Labute approximate surface area is 140 Å². The van der Waals surface area contributed by atoms with E-state index in [1.165, 1.54) is 12.1 Å². The number of nitro groups is 2. The number of carboxylic acid groups (broad SMARTS) is 1. The summed E-state index contributed by atoms with van der Waals surface area (Å²) >= 11 is 0. The van der Waals surface area contributed by atoms with E-state index >= 15 is 0 Å². The highest BCUT2D eigenvalue weighted by Crippen LogP contribution is 2.25. The van der Waals surface area contributed by atoms with Gasteiger partial charge in [0.2, 0.25) is 0 Å². The number of hydrogen-bond acceptors (Lipinski definition) is 6. The molecule has 128 valence electrons. The highest BCUT2D eigenvalue weighted by Gasteiger charge is 2.28. The van der Waals surface area contributed by atoms with Crippen LogP contribution in [0.1, 0.15) is 22.0 Å². The number of carbonyl (C=O) groups excluding carboxylic acids is 1. The predicted octanol–water partition coefficient (Wildman–Crippen LogP) is 2.06. The number of hydrogen-bond donors (Lipinski definition) is 2. The summed E-state index contributed by atoms with van der Waals surface area (Å²) in [5.74, 6) is -2.39. The van der Waals surface area contributed by atoms with Crippen LogP contribution in [0.3, 0.4) is 0 Å². The lowest BCUT2D eigenvalue weighted by Crippen LogP contribution is -2.34. The molecule has 2 aromatic rings. The standard InChI is InChI=1S/C15H11N3O7/c19-14(16-13(15(20)21)9-4-2-1-3-5-9)11-7-6-10(17(22)23)8-12(11)18(24)25/h1-8,13H,(H,16,19)(H,20,21). The Morgan fingerprint density at radius 3 is 2.16 bits per heavy atom. The molecule has 0 saturated carbocycles. The summed E-state index contributed by atoms with van der Waals surface area (Å²) in [6, 6.07) is 8.82. The fourth-order valence-electron chi connectivity index (χ4n) is 2.12. The van der Waals surface area contributed by atoms with E-state index in [0.29, 0.717) is 6.07 Å². The van der Waals surface area contributed by atoms with Crippen LogP contribution in [0.4, 0.5) is 11.4 Å². The quantitative estimate of drug-likeness (QED) is 0.600. The van der Waals surface area contributed by atoms with Crippen LogP contribution in [0.5, 0.6) is 0 Å². The first kappa shape index (κ1) is 17.5. The number of aliphatic carboxylic acids is 1. The lowest BCUT2D eigenvalue weighted by molar-refractivity contribution is -0.394. The summed E-state index contributed by atoms with van der Waals surface area (Å²) in [7, 11) is 0. The maximum atomic E-state index is 12.3. The number of carbonyl (C=O) groups is 2. The molecule has 0 radical (unpaired) electrons. The Kier molecular flexibility index (Phi) is 5.03. The zero-order valence-corrected chi connectivity index (χ0v) is 12.5. The maximum absolute atomic E-state index is 12.3. The van der Waals surface area contributed by atoms with Gasteiger partial charge in [0.15, 0.2) is 6.04 Å². The Morgan fingerprint density at radius 1 is 1.00 bits per heavy atom. The average Bonchev–Trinajstić information content (AvgIpc) is 2.59. The van der Waals surface area contributed by atoms with E-state index in [2.05, 4.69) is 5.32 Å². The van der Waals surface area contributed by atoms with Crippen molar-refractivity contribution in [2.45, 2.75) is 6.04 Å². The highest BCUT2D eigenvalue weighted by molar-refractivity contribution is 6.00. The van der Waals surface area contributed by atoms with E-state index in [0.717, 1.165) is 12.1 Å². The molecule has 10 heteroatoms. The van der Waals surface area contributed by atoms with Crippen LogP contribution in [-0.4, -0.2) is 26.8 Å². The maximum Gasteiger partial charge on any atom is 0.330 e. The van der Waals surface area contributed by atoms with Crippen molar-refractivity contribution >= 4 is 23.3 Å². The van der Waals surface area contributed by atoms with E-state index in [4.69, 9.17) is 0 Å². The number of non-ortho nitro benzene ring substituents is 1. The van der Waals surface area contributed by atoms with Gasteiger partial charge in [-0.25, -0.2) is 4.79 Å². The van der Waals surface area contributed by atoms with Gasteiger partial charge < -0.3 is 10.4 Å². The minimum atomic E-state index is -1.43. The normalized spacial score (nSPS) is 11.4. The zero-order valence-electron chi connectivity index (χ0n) is 12.5. The summed E-state index contributed by atoms with van der Waals surface area (Å²) in [5.41, 5.74) is -1.55. The number of nitrogens with zero attached hydrogens (tertiary/aromatic N) is 2. The molecular formula is C15H11N3O7. The van der Waals surface area contributed by atoms with Crippen molar-refractivity contribution in [3.63, 3.8) is 0 Å². The highest BCUT2D eigenvalue weighted by atomic mass is 16.6. The number of amides is 1. The first-order chi connectivity index (χ1) is 11.8. The fourth-order valence-corrected chi connectivity index (χ4v) is 2.12. The molecule has 25 heavy (non-hydrogen) atoms. The molecule has 0 saturated heterocycles. The monoisotopic (exact) mass is 345 g/mol. The molecule has 0 heterocycles. The van der Waals surface area contributed by atoms with Gasteiger partial charge in [0.05, 0.1) is 15.9 Å². The largest absolute Gasteiger partial charge is 0.479 e. The lowest BCUT2D eigenvalue weighted by atomic mass is 10.1. The first-order valence-corrected chi connectivity index (χ1v) is 6.82. The number of nitro benzene ring substituents is 2. The molecule has 2 aromatic carbocycles. The van der Waals surface area contributed by atoms with Crippen molar-refractivity contribution in [3.05, 3.63) is 79.9 Å². The van der Waals surface area contributed by atoms with Gasteiger partial charge >= 0.3 is 5.97 Å². The van der Waals surface area contributed by atoms with Crippen LogP contribution in [0.15, 0.2) is 48.5 Å². The molecule has 0 bridgehead atoms. The first-order valence-electron chi connectivity index (χ1n) is 6.82. The molecule has 10 nitrogen and oxygen atoms in total. The van der Waals surface area contributed by atoms with Gasteiger partial charge in [0.1, 0.15) is 5.56 Å². The third-order valence-corrected chi connectivity index (χ3v) is 3.29. The lowest BCUT2D eigenvalue weighted by Gasteiger charge is -2.14. The summed E-state index contributed by atoms with van der Waals surface area (Å²) in [6.45, 7) is 0. The minimum Gasteiger partial charge on any atom is -0.479 e. The van der Waals surface area contributed by atoms with Crippen LogP contribution in [-0.2, 0) is 4.79 Å². The van der Waals surface area contributed by atoms with E-state index in [-0.39, 0.29) is 5.56 Å². The average molecular weight is 345 g/mol. The number of benzene rings is 2. The molecule has 1 atom stereocenters. The van der Waals surface area contributed by atoms with Crippen molar-refractivity contribution < 1.29 is 24.5 Å². The molecule has 0 aliphatic heterocycles. The molecule has 2 rings (SSSR count). The summed E-state index contributed by atoms with van der Waals surface area (Å²) in [5, 5.41) is 33.3. The Morgan fingerprint density at radius 2 is 1.64 bits per heavy atom. The van der Waals surface area contributed by atoms with E-state index in [1.807, 2.05) is 0 Å².